The van der Waals surface area contributed by atoms with Crippen LogP contribution in [-0.2, 0) is 20.9 Å². The summed E-state index contributed by atoms with van der Waals surface area (Å²) in [6.45, 7) is -0.0668. The van der Waals surface area contributed by atoms with E-state index in [1.165, 1.54) is 24.1 Å². The molecule has 0 N–H and O–H groups in total. The summed E-state index contributed by atoms with van der Waals surface area (Å²) >= 11 is 0. The molecule has 140 valence electrons. The quantitative estimate of drug-likeness (QED) is 0.751. The van der Waals surface area contributed by atoms with E-state index in [-0.39, 0.29) is 48.4 Å². The van der Waals surface area contributed by atoms with Crippen molar-refractivity contribution in [2.75, 3.05) is 20.7 Å². The van der Waals surface area contributed by atoms with E-state index >= 15 is 0 Å². The SMILES string of the molecule is COc1ccc(CN(C)C(=O)CN2C(=O)[C@H]3CCCC[C@H]3C2=O)cc1F. The largest absolute Gasteiger partial charge is 0.494 e. The number of halogens is 1. The van der Waals surface area contributed by atoms with Crippen molar-refractivity contribution in [3.8, 4) is 5.75 Å². The fraction of sp³-hybridized carbons (Fsp3) is 0.526. The van der Waals surface area contributed by atoms with E-state index < -0.39 is 5.82 Å². The minimum atomic E-state index is -0.500. The number of carbonyl (C=O) groups is 3. The number of fused-ring (bicyclic) bond motifs is 1. The van der Waals surface area contributed by atoms with Gasteiger partial charge in [-0.1, -0.05) is 18.9 Å². The second-order valence-electron chi connectivity index (χ2n) is 6.98. The molecule has 0 bridgehead atoms. The van der Waals surface area contributed by atoms with E-state index in [0.29, 0.717) is 5.56 Å². The summed E-state index contributed by atoms with van der Waals surface area (Å²) in [6.07, 6.45) is 3.34. The van der Waals surface area contributed by atoms with Gasteiger partial charge >= 0.3 is 0 Å². The highest BCUT2D eigenvalue weighted by Gasteiger charge is 2.48. The Balaban J connectivity index is 1.63. The molecule has 26 heavy (non-hydrogen) atoms. The van der Waals surface area contributed by atoms with Gasteiger partial charge in [-0.25, -0.2) is 4.39 Å². The number of amides is 3. The number of benzene rings is 1. The van der Waals surface area contributed by atoms with Gasteiger partial charge in [0.2, 0.25) is 17.7 Å². The molecule has 0 radical (unpaired) electrons. The van der Waals surface area contributed by atoms with Crippen molar-refractivity contribution < 1.29 is 23.5 Å². The molecule has 3 rings (SSSR count). The normalized spacial score (nSPS) is 22.3. The van der Waals surface area contributed by atoms with Crippen LogP contribution in [0.5, 0.6) is 5.75 Å². The summed E-state index contributed by atoms with van der Waals surface area (Å²) in [5.74, 6) is -1.68. The van der Waals surface area contributed by atoms with Crippen molar-refractivity contribution in [2.24, 2.45) is 11.8 Å². The summed E-state index contributed by atoms with van der Waals surface area (Å²) in [5, 5.41) is 0. The van der Waals surface area contributed by atoms with Gasteiger partial charge in [-0.3, -0.25) is 19.3 Å². The average Bonchev–Trinajstić information content (AvgIpc) is 2.87. The monoisotopic (exact) mass is 362 g/mol. The Labute approximate surface area is 151 Å². The second kappa shape index (κ2) is 7.43. The van der Waals surface area contributed by atoms with Gasteiger partial charge in [0.25, 0.3) is 0 Å². The van der Waals surface area contributed by atoms with E-state index in [2.05, 4.69) is 0 Å². The Morgan fingerprint density at radius 2 is 1.85 bits per heavy atom. The third kappa shape index (κ3) is 3.43. The number of likely N-dealkylation sites (N-methyl/N-ethyl adjacent to an activating group) is 1. The molecule has 1 saturated carbocycles. The topological polar surface area (TPSA) is 66.9 Å². The maximum absolute atomic E-state index is 13.8. The zero-order valence-corrected chi connectivity index (χ0v) is 15.0. The number of imide groups is 1. The van der Waals surface area contributed by atoms with Crippen LogP contribution in [0.15, 0.2) is 18.2 Å². The molecule has 0 unspecified atom stereocenters. The highest BCUT2D eigenvalue weighted by atomic mass is 19.1. The van der Waals surface area contributed by atoms with Crippen molar-refractivity contribution in [1.82, 2.24) is 9.80 Å². The summed E-state index contributed by atoms with van der Waals surface area (Å²) in [5.41, 5.74) is 0.604. The van der Waals surface area contributed by atoms with Crippen molar-refractivity contribution in [2.45, 2.75) is 32.2 Å². The molecule has 1 aromatic rings. The van der Waals surface area contributed by atoms with Crippen LogP contribution in [0.2, 0.25) is 0 Å². The van der Waals surface area contributed by atoms with Crippen LogP contribution in [0.3, 0.4) is 0 Å². The lowest BCUT2D eigenvalue weighted by molar-refractivity contribution is -0.146. The van der Waals surface area contributed by atoms with Gasteiger partial charge in [-0.05, 0) is 30.5 Å². The lowest BCUT2D eigenvalue weighted by Crippen LogP contribution is -2.41. The van der Waals surface area contributed by atoms with Gasteiger partial charge in [-0.15, -0.1) is 0 Å². The highest BCUT2D eigenvalue weighted by molar-refractivity contribution is 6.07. The van der Waals surface area contributed by atoms with E-state index in [1.54, 1.807) is 13.1 Å². The standard InChI is InChI=1S/C19H23FN2O4/c1-21(10-12-7-8-16(26-2)15(20)9-12)17(23)11-22-18(24)13-5-3-4-6-14(13)19(22)25/h7-9,13-14H,3-6,10-11H2,1-2H3/t13-,14+. The molecule has 1 heterocycles. The number of likely N-dealkylation sites (tertiary alicyclic amines) is 1. The molecular weight excluding hydrogens is 339 g/mol. The first-order valence-corrected chi connectivity index (χ1v) is 8.84. The van der Waals surface area contributed by atoms with Gasteiger partial charge in [0, 0.05) is 13.6 Å². The first-order chi connectivity index (χ1) is 12.4. The third-order valence-electron chi connectivity index (χ3n) is 5.29. The van der Waals surface area contributed by atoms with Crippen LogP contribution in [0.1, 0.15) is 31.2 Å². The number of hydrogen-bond donors (Lipinski definition) is 0. The Bertz CT molecular complexity index is 712. The molecule has 2 fully saturated rings. The van der Waals surface area contributed by atoms with Crippen molar-refractivity contribution in [3.05, 3.63) is 29.6 Å². The molecule has 6 nitrogen and oxygen atoms in total. The van der Waals surface area contributed by atoms with Crippen LogP contribution in [0.25, 0.3) is 0 Å². The number of carbonyl (C=O) groups excluding carboxylic acids is 3. The number of nitrogens with zero attached hydrogens (tertiary/aromatic N) is 2. The van der Waals surface area contributed by atoms with Crippen LogP contribution in [0.4, 0.5) is 4.39 Å². The van der Waals surface area contributed by atoms with Gasteiger partial charge < -0.3 is 9.64 Å². The summed E-state index contributed by atoms with van der Waals surface area (Å²) in [4.78, 5) is 39.9. The van der Waals surface area contributed by atoms with Crippen LogP contribution in [-0.4, -0.2) is 48.2 Å². The van der Waals surface area contributed by atoms with Crippen LogP contribution < -0.4 is 4.74 Å². The Morgan fingerprint density at radius 3 is 2.38 bits per heavy atom. The first-order valence-electron chi connectivity index (χ1n) is 8.84. The van der Waals surface area contributed by atoms with Crippen molar-refractivity contribution in [1.29, 1.82) is 0 Å². The van der Waals surface area contributed by atoms with E-state index in [1.807, 2.05) is 0 Å². The zero-order valence-electron chi connectivity index (χ0n) is 15.0. The van der Waals surface area contributed by atoms with E-state index in [9.17, 15) is 18.8 Å². The van der Waals surface area contributed by atoms with Crippen LogP contribution >= 0.6 is 0 Å². The molecule has 0 aromatic heterocycles. The Kier molecular flexibility index (Phi) is 5.25. The third-order valence-corrected chi connectivity index (χ3v) is 5.29. The lowest BCUT2D eigenvalue weighted by atomic mass is 9.81. The summed E-state index contributed by atoms with van der Waals surface area (Å²) in [7, 11) is 2.96. The van der Waals surface area contributed by atoms with E-state index in [0.717, 1.165) is 30.6 Å². The van der Waals surface area contributed by atoms with Gasteiger partial charge in [-0.2, -0.15) is 0 Å². The maximum atomic E-state index is 13.8. The molecule has 2 atom stereocenters. The second-order valence-corrected chi connectivity index (χ2v) is 6.98. The fourth-order valence-electron chi connectivity index (χ4n) is 3.81. The first kappa shape index (κ1) is 18.4. The van der Waals surface area contributed by atoms with Gasteiger partial charge in [0.05, 0.1) is 18.9 Å². The number of methoxy groups -OCH3 is 1. The molecule has 2 aliphatic rings. The molecule has 1 saturated heterocycles. The van der Waals surface area contributed by atoms with Crippen LogP contribution in [0, 0.1) is 17.7 Å². The molecule has 7 heteroatoms. The van der Waals surface area contributed by atoms with E-state index in [4.69, 9.17) is 4.74 Å². The smallest absolute Gasteiger partial charge is 0.242 e. The maximum Gasteiger partial charge on any atom is 0.242 e. The molecule has 1 aromatic carbocycles. The summed E-state index contributed by atoms with van der Waals surface area (Å²) in [6, 6.07) is 4.48. The minimum absolute atomic E-state index is 0.138. The number of ether oxygens (including phenoxy) is 1. The molecule has 1 aliphatic carbocycles. The summed E-state index contributed by atoms with van der Waals surface area (Å²) < 4.78 is 18.6. The minimum Gasteiger partial charge on any atom is -0.494 e. The lowest BCUT2D eigenvalue weighted by Gasteiger charge is -2.21. The van der Waals surface area contributed by atoms with Crippen molar-refractivity contribution >= 4 is 17.7 Å². The molecule has 1 aliphatic heterocycles. The van der Waals surface area contributed by atoms with Gasteiger partial charge in [0.1, 0.15) is 6.54 Å². The fourth-order valence-corrected chi connectivity index (χ4v) is 3.81. The zero-order chi connectivity index (χ0) is 18.8. The van der Waals surface area contributed by atoms with Gasteiger partial charge in [0.15, 0.2) is 11.6 Å². The predicted molar refractivity (Wildman–Crippen MR) is 91.6 cm³/mol. The highest BCUT2D eigenvalue weighted by Crippen LogP contribution is 2.37. The number of rotatable bonds is 5. The molecular formula is C19H23FN2O4. The average molecular weight is 362 g/mol. The molecule has 3 amide bonds. The predicted octanol–water partition coefficient (Wildman–Crippen LogP) is 1.97. The van der Waals surface area contributed by atoms with Crippen molar-refractivity contribution in [3.63, 3.8) is 0 Å². The Hall–Kier alpha value is -2.44. The Morgan fingerprint density at radius 1 is 1.23 bits per heavy atom. The molecule has 0 spiro atoms. The number of hydrogen-bond acceptors (Lipinski definition) is 4.